The second kappa shape index (κ2) is 12.0. The van der Waals surface area contributed by atoms with Crippen LogP contribution in [0.1, 0.15) is 15.4 Å². The predicted molar refractivity (Wildman–Crippen MR) is 154 cm³/mol. The van der Waals surface area contributed by atoms with Crippen LogP contribution in [0.25, 0.3) is 22.2 Å². The summed E-state index contributed by atoms with van der Waals surface area (Å²) >= 11 is 6.42. The van der Waals surface area contributed by atoms with Gasteiger partial charge >= 0.3 is 0 Å². The second-order valence-electron chi connectivity index (χ2n) is 8.96. The fourth-order valence-electron chi connectivity index (χ4n) is 3.84. The van der Waals surface area contributed by atoms with Crippen molar-refractivity contribution in [1.82, 2.24) is 15.3 Å². The maximum absolute atomic E-state index is 13.5. The molecule has 0 aliphatic rings. The second-order valence-corrected chi connectivity index (χ2v) is 11.6. The van der Waals surface area contributed by atoms with Crippen molar-refractivity contribution in [2.45, 2.75) is 13.2 Å². The van der Waals surface area contributed by atoms with E-state index in [1.165, 1.54) is 30.8 Å². The first-order valence-electron chi connectivity index (χ1n) is 13.7. The molecule has 0 bridgehead atoms. The van der Waals surface area contributed by atoms with Crippen molar-refractivity contribution >= 4 is 43.8 Å². The van der Waals surface area contributed by atoms with E-state index in [4.69, 9.17) is 24.9 Å². The Morgan fingerprint density at radius 3 is 2.83 bits per heavy atom. The third kappa shape index (κ3) is 7.15. The molecule has 0 amide bonds. The molecule has 0 spiro atoms. The van der Waals surface area contributed by atoms with E-state index in [0.29, 0.717) is 46.6 Å². The molecule has 0 aliphatic heterocycles. The van der Waals surface area contributed by atoms with Crippen molar-refractivity contribution in [2.24, 2.45) is 0 Å². The Morgan fingerprint density at radius 2 is 2.00 bits per heavy atom. The summed E-state index contributed by atoms with van der Waals surface area (Å²) in [6.07, 6.45) is 2.52. The van der Waals surface area contributed by atoms with Gasteiger partial charge in [-0.15, -0.1) is 0 Å². The highest BCUT2D eigenvalue weighted by Gasteiger charge is 2.11. The van der Waals surface area contributed by atoms with E-state index in [9.17, 15) is 12.8 Å². The van der Waals surface area contributed by atoms with Crippen LogP contribution in [-0.4, -0.2) is 36.9 Å². The van der Waals surface area contributed by atoms with E-state index >= 15 is 0 Å². The SMILES string of the molecule is [2H]c1c([2H])c(OCc2cccc(F)c2)c(Cl)c([2H])c1Nc1ncnc2ccc(-c3ccc(CNCCS(C)(=O)=O)o3)cc12. The Balaban J connectivity index is 1.39. The first-order chi connectivity index (χ1) is 20.5. The van der Waals surface area contributed by atoms with Crippen LogP contribution in [0.3, 0.4) is 0 Å². The zero-order chi connectivity index (χ0) is 30.7. The quantitative estimate of drug-likeness (QED) is 0.179. The predicted octanol–water partition coefficient (Wildman–Crippen LogP) is 6.14. The van der Waals surface area contributed by atoms with Gasteiger partial charge in [-0.3, -0.25) is 0 Å². The minimum absolute atomic E-state index is 0.0265. The molecule has 8 nitrogen and oxygen atoms in total. The molecule has 2 aromatic heterocycles. The van der Waals surface area contributed by atoms with E-state index in [0.717, 1.165) is 0 Å². The summed E-state index contributed by atoms with van der Waals surface area (Å²) in [6.45, 7) is 0.562. The standard InChI is InChI=1S/C29H26ClFN4O4S/c1-40(36,37)12-11-32-16-23-7-10-27(39-23)20-5-8-26-24(14-20)29(34-18-33-26)35-22-6-9-28(25(30)15-22)38-17-19-3-2-4-21(31)13-19/h2-10,13-15,18,32H,11-12,16-17H2,1H3,(H,33,34,35)/i6D,9D,15D. The summed E-state index contributed by atoms with van der Waals surface area (Å²) in [7, 11) is -3.06. The number of sulfone groups is 1. The largest absolute Gasteiger partial charge is 0.487 e. The summed E-state index contributed by atoms with van der Waals surface area (Å²) in [4.78, 5) is 8.61. The molecule has 0 atom stereocenters. The minimum atomic E-state index is -3.06. The van der Waals surface area contributed by atoms with Gasteiger partial charge in [0.2, 0.25) is 0 Å². The molecule has 0 fully saturated rings. The highest BCUT2D eigenvalue weighted by molar-refractivity contribution is 7.90. The van der Waals surface area contributed by atoms with Gasteiger partial charge in [-0.2, -0.15) is 0 Å². The first kappa shape index (κ1) is 23.9. The molecule has 11 heteroatoms. The fraction of sp³-hybridized carbons (Fsp3) is 0.172. The number of halogens is 2. The number of ether oxygens (including phenoxy) is 1. The van der Waals surface area contributed by atoms with Crippen LogP contribution < -0.4 is 15.4 Å². The van der Waals surface area contributed by atoms with Gasteiger partial charge in [-0.25, -0.2) is 22.8 Å². The average Bonchev–Trinajstić information content (AvgIpc) is 3.45. The Hall–Kier alpha value is -3.99. The van der Waals surface area contributed by atoms with Gasteiger partial charge in [0.05, 0.1) is 26.9 Å². The Morgan fingerprint density at radius 1 is 1.12 bits per heavy atom. The number of nitrogens with one attached hydrogen (secondary N) is 2. The lowest BCUT2D eigenvalue weighted by Crippen LogP contribution is -2.21. The van der Waals surface area contributed by atoms with Crippen LogP contribution >= 0.6 is 11.6 Å². The van der Waals surface area contributed by atoms with E-state index in [1.807, 2.05) is 6.07 Å². The number of aromatic nitrogens is 2. The maximum Gasteiger partial charge on any atom is 0.148 e. The molecule has 0 unspecified atom stereocenters. The number of benzene rings is 3. The zero-order valence-corrected chi connectivity index (χ0v) is 22.9. The van der Waals surface area contributed by atoms with E-state index in [1.54, 1.807) is 30.3 Å². The Kier molecular flexibility index (Phi) is 7.18. The number of fused-ring (bicyclic) bond motifs is 1. The van der Waals surface area contributed by atoms with Gasteiger partial charge in [0.1, 0.15) is 51.7 Å². The van der Waals surface area contributed by atoms with Gasteiger partial charge in [-0.1, -0.05) is 23.7 Å². The molecule has 0 saturated carbocycles. The number of hydrogen-bond acceptors (Lipinski definition) is 8. The van der Waals surface area contributed by atoms with Crippen LogP contribution in [-0.2, 0) is 23.0 Å². The highest BCUT2D eigenvalue weighted by Crippen LogP contribution is 2.32. The van der Waals surface area contributed by atoms with Crippen molar-refractivity contribution in [1.29, 1.82) is 0 Å². The van der Waals surface area contributed by atoms with Gasteiger partial charge < -0.3 is 19.8 Å². The summed E-state index contributed by atoms with van der Waals surface area (Å²) < 4.78 is 73.4. The smallest absolute Gasteiger partial charge is 0.148 e. The zero-order valence-electron chi connectivity index (χ0n) is 24.3. The number of furan rings is 1. The highest BCUT2D eigenvalue weighted by atomic mass is 35.5. The van der Waals surface area contributed by atoms with E-state index < -0.39 is 15.7 Å². The van der Waals surface area contributed by atoms with Crippen LogP contribution in [0.5, 0.6) is 5.75 Å². The van der Waals surface area contributed by atoms with Crippen LogP contribution in [0.2, 0.25) is 5.02 Å². The topological polar surface area (TPSA) is 106 Å². The minimum Gasteiger partial charge on any atom is -0.487 e. The lowest BCUT2D eigenvalue weighted by molar-refractivity contribution is 0.306. The van der Waals surface area contributed by atoms with Gasteiger partial charge in [-0.05, 0) is 66.2 Å². The molecule has 2 heterocycles. The third-order valence-electron chi connectivity index (χ3n) is 5.78. The summed E-state index contributed by atoms with van der Waals surface area (Å²) in [5, 5.41) is 6.41. The monoisotopic (exact) mass is 583 g/mol. The molecule has 0 radical (unpaired) electrons. The molecule has 0 saturated heterocycles. The average molecular weight is 584 g/mol. The molecule has 5 aromatic rings. The molecule has 5 rings (SSSR count). The number of nitrogens with zero attached hydrogens (tertiary/aromatic N) is 2. The summed E-state index contributed by atoms with van der Waals surface area (Å²) in [5.41, 5.74) is 1.76. The lowest BCUT2D eigenvalue weighted by Gasteiger charge is -2.12. The van der Waals surface area contributed by atoms with Crippen molar-refractivity contribution in [3.05, 3.63) is 101 Å². The Bertz CT molecular complexity index is 1890. The molecular weight excluding hydrogens is 555 g/mol. The van der Waals surface area contributed by atoms with Gasteiger partial charge in [0, 0.05) is 29.4 Å². The summed E-state index contributed by atoms with van der Waals surface area (Å²) in [5.74, 6) is 0.912. The van der Waals surface area contributed by atoms with Crippen LogP contribution in [0.15, 0.2) is 83.5 Å². The van der Waals surface area contributed by atoms with Crippen molar-refractivity contribution in [2.75, 3.05) is 23.9 Å². The molecule has 40 heavy (non-hydrogen) atoms. The summed E-state index contributed by atoms with van der Waals surface area (Å²) in [6, 6.07) is 13.8. The van der Waals surface area contributed by atoms with E-state index in [2.05, 4.69) is 20.6 Å². The number of hydrogen-bond donors (Lipinski definition) is 2. The molecule has 3 aromatic carbocycles. The van der Waals surface area contributed by atoms with Gasteiger partial charge in [0.15, 0.2) is 0 Å². The van der Waals surface area contributed by atoms with Crippen molar-refractivity contribution in [3.63, 3.8) is 0 Å². The number of anilines is 2. The van der Waals surface area contributed by atoms with Crippen molar-refractivity contribution < 1.29 is 26.1 Å². The number of rotatable bonds is 11. The third-order valence-corrected chi connectivity index (χ3v) is 6.99. The van der Waals surface area contributed by atoms with Crippen LogP contribution in [0.4, 0.5) is 15.9 Å². The molecule has 206 valence electrons. The van der Waals surface area contributed by atoms with E-state index in [-0.39, 0.29) is 52.8 Å². The molecular formula is C29H26ClFN4O4S. The fourth-order valence-corrected chi connectivity index (χ4v) is 4.55. The van der Waals surface area contributed by atoms with Crippen LogP contribution in [0, 0.1) is 5.82 Å². The van der Waals surface area contributed by atoms with Crippen molar-refractivity contribution in [3.8, 4) is 17.1 Å². The maximum atomic E-state index is 13.5. The first-order valence-corrected chi connectivity index (χ1v) is 14.6. The lowest BCUT2D eigenvalue weighted by atomic mass is 10.1. The van der Waals surface area contributed by atoms with Gasteiger partial charge in [0.25, 0.3) is 0 Å². The molecule has 2 N–H and O–H groups in total. The normalized spacial score (nSPS) is 12.6. The Labute approximate surface area is 240 Å². The molecule has 0 aliphatic carbocycles.